The van der Waals surface area contributed by atoms with Gasteiger partial charge in [0.15, 0.2) is 0 Å². The molecule has 2 nitrogen and oxygen atoms in total. The van der Waals surface area contributed by atoms with Gasteiger partial charge in [0.25, 0.3) is 0 Å². The molecule has 0 unspecified atom stereocenters. The van der Waals surface area contributed by atoms with E-state index in [0.29, 0.717) is 12.5 Å². The summed E-state index contributed by atoms with van der Waals surface area (Å²) in [5.74, 6) is 0.271. The quantitative estimate of drug-likeness (QED) is 0.448. The molecule has 2 atom stereocenters. The minimum atomic E-state index is -0.0921. The zero-order chi connectivity index (χ0) is 12.7. The molecule has 0 amide bonds. The minimum absolute atomic E-state index is 0.0705. The molecular formula is C14H19IO2. The molecule has 0 spiro atoms. The Bertz CT molecular complexity index is 337. The number of alkyl halides is 1. The third kappa shape index (κ3) is 5.52. The molecule has 1 rings (SSSR count). The van der Waals surface area contributed by atoms with Crippen molar-refractivity contribution in [3.8, 4) is 0 Å². The minimum Gasteiger partial charge on any atom is -0.465 e. The average molecular weight is 346 g/mol. The van der Waals surface area contributed by atoms with Crippen LogP contribution in [-0.2, 0) is 16.0 Å². The largest absolute Gasteiger partial charge is 0.465 e. The van der Waals surface area contributed by atoms with E-state index in [0.717, 1.165) is 10.8 Å². The lowest BCUT2D eigenvalue weighted by Crippen LogP contribution is -2.20. The van der Waals surface area contributed by atoms with Crippen LogP contribution in [0, 0.1) is 11.8 Å². The number of rotatable bonds is 6. The Labute approximate surface area is 117 Å². The van der Waals surface area contributed by atoms with Crippen molar-refractivity contribution in [2.75, 3.05) is 11.0 Å². The van der Waals surface area contributed by atoms with Gasteiger partial charge in [0.1, 0.15) is 0 Å². The summed E-state index contributed by atoms with van der Waals surface area (Å²) in [6, 6.07) is 10.0. The summed E-state index contributed by atoms with van der Waals surface area (Å²) in [4.78, 5) is 11.7. The molecule has 0 fully saturated rings. The molecule has 0 heterocycles. The first kappa shape index (κ1) is 14.5. The summed E-state index contributed by atoms with van der Waals surface area (Å²) in [5.41, 5.74) is 1.18. The molecule has 0 radical (unpaired) electrons. The maximum Gasteiger partial charge on any atom is 0.308 e. The number of ether oxygens (including phenoxy) is 1. The van der Waals surface area contributed by atoms with Crippen molar-refractivity contribution in [3.05, 3.63) is 35.9 Å². The van der Waals surface area contributed by atoms with Gasteiger partial charge in [0.05, 0.1) is 12.5 Å². The molecule has 0 saturated heterocycles. The van der Waals surface area contributed by atoms with Crippen LogP contribution in [0.3, 0.4) is 0 Å². The predicted molar refractivity (Wildman–Crippen MR) is 78.3 cm³/mol. The second-order valence-electron chi connectivity index (χ2n) is 4.48. The van der Waals surface area contributed by atoms with Gasteiger partial charge in [-0.1, -0.05) is 66.8 Å². The molecule has 0 bridgehead atoms. The lowest BCUT2D eigenvalue weighted by Gasteiger charge is -2.13. The molecule has 3 heteroatoms. The number of hydrogen-bond donors (Lipinski definition) is 0. The highest BCUT2D eigenvalue weighted by atomic mass is 127. The maximum absolute atomic E-state index is 11.7. The summed E-state index contributed by atoms with van der Waals surface area (Å²) < 4.78 is 6.30. The SMILES string of the molecule is C[C@@H](CI)COC(=O)[C@@H](C)Cc1ccccc1. The second-order valence-corrected chi connectivity index (χ2v) is 5.36. The number of carbonyl (C=O) groups excluding carboxylic acids is 1. The fraction of sp³-hybridized carbons (Fsp3) is 0.500. The van der Waals surface area contributed by atoms with E-state index < -0.39 is 0 Å². The van der Waals surface area contributed by atoms with Crippen molar-refractivity contribution in [2.24, 2.45) is 11.8 Å². The van der Waals surface area contributed by atoms with E-state index in [1.165, 1.54) is 5.56 Å². The highest BCUT2D eigenvalue weighted by Crippen LogP contribution is 2.11. The van der Waals surface area contributed by atoms with Gasteiger partial charge in [-0.05, 0) is 17.9 Å². The third-order valence-corrected chi connectivity index (χ3v) is 4.06. The normalized spacial score (nSPS) is 14.1. The van der Waals surface area contributed by atoms with Crippen molar-refractivity contribution >= 4 is 28.6 Å². The smallest absolute Gasteiger partial charge is 0.308 e. The summed E-state index contributed by atoms with van der Waals surface area (Å²) in [6.07, 6.45) is 0.748. The van der Waals surface area contributed by atoms with Crippen LogP contribution in [0.15, 0.2) is 30.3 Å². The lowest BCUT2D eigenvalue weighted by molar-refractivity contribution is -0.148. The molecule has 0 aliphatic heterocycles. The molecule has 0 aliphatic rings. The van der Waals surface area contributed by atoms with Crippen LogP contribution in [0.25, 0.3) is 0 Å². The molecule has 0 N–H and O–H groups in total. The third-order valence-electron chi connectivity index (χ3n) is 2.56. The van der Waals surface area contributed by atoms with Crippen LogP contribution >= 0.6 is 22.6 Å². The zero-order valence-electron chi connectivity index (χ0n) is 10.4. The lowest BCUT2D eigenvalue weighted by atomic mass is 10.0. The van der Waals surface area contributed by atoms with E-state index in [2.05, 4.69) is 29.5 Å². The summed E-state index contributed by atoms with van der Waals surface area (Å²) in [7, 11) is 0. The first-order chi connectivity index (χ1) is 8.13. The fourth-order valence-electron chi connectivity index (χ4n) is 1.46. The molecule has 0 saturated carbocycles. The monoisotopic (exact) mass is 346 g/mol. The maximum atomic E-state index is 11.7. The van der Waals surface area contributed by atoms with E-state index in [-0.39, 0.29) is 11.9 Å². The first-order valence-corrected chi connectivity index (χ1v) is 7.42. The van der Waals surface area contributed by atoms with Gasteiger partial charge < -0.3 is 4.74 Å². The van der Waals surface area contributed by atoms with Crippen molar-refractivity contribution < 1.29 is 9.53 Å². The van der Waals surface area contributed by atoms with Gasteiger partial charge in [-0.2, -0.15) is 0 Å². The van der Waals surface area contributed by atoms with Gasteiger partial charge in [-0.15, -0.1) is 0 Å². The van der Waals surface area contributed by atoms with Gasteiger partial charge in [-0.3, -0.25) is 4.79 Å². The summed E-state index contributed by atoms with van der Waals surface area (Å²) >= 11 is 2.30. The summed E-state index contributed by atoms with van der Waals surface area (Å²) in [5, 5.41) is 0. The van der Waals surface area contributed by atoms with Gasteiger partial charge >= 0.3 is 5.97 Å². The zero-order valence-corrected chi connectivity index (χ0v) is 12.5. The second kappa shape index (κ2) is 7.69. The van der Waals surface area contributed by atoms with E-state index in [1.807, 2.05) is 37.3 Å². The predicted octanol–water partition coefficient (Wildman–Crippen LogP) is 3.48. The Hall–Kier alpha value is -0.580. The van der Waals surface area contributed by atoms with Crippen LogP contribution in [0.4, 0.5) is 0 Å². The molecule has 17 heavy (non-hydrogen) atoms. The highest BCUT2D eigenvalue weighted by Gasteiger charge is 2.15. The Morgan fingerprint density at radius 3 is 2.53 bits per heavy atom. The van der Waals surface area contributed by atoms with Gasteiger partial charge in [-0.25, -0.2) is 0 Å². The Morgan fingerprint density at radius 2 is 1.94 bits per heavy atom. The van der Waals surface area contributed by atoms with E-state index >= 15 is 0 Å². The molecule has 0 aliphatic carbocycles. The van der Waals surface area contributed by atoms with Crippen LogP contribution in [0.5, 0.6) is 0 Å². The Morgan fingerprint density at radius 1 is 1.29 bits per heavy atom. The van der Waals surface area contributed by atoms with E-state index in [1.54, 1.807) is 0 Å². The molecule has 0 aromatic heterocycles. The number of halogens is 1. The number of carbonyl (C=O) groups is 1. The van der Waals surface area contributed by atoms with Crippen LogP contribution < -0.4 is 0 Å². The number of benzene rings is 1. The number of esters is 1. The van der Waals surface area contributed by atoms with E-state index in [4.69, 9.17) is 4.74 Å². The number of hydrogen-bond acceptors (Lipinski definition) is 2. The standard InChI is InChI=1S/C14H19IO2/c1-11(9-15)10-17-14(16)12(2)8-13-6-4-3-5-7-13/h3-7,11-12H,8-10H2,1-2H3/t11-,12-/m0/s1. The molecule has 1 aromatic rings. The van der Waals surface area contributed by atoms with Crippen LogP contribution in [0.2, 0.25) is 0 Å². The van der Waals surface area contributed by atoms with Crippen molar-refractivity contribution in [3.63, 3.8) is 0 Å². The van der Waals surface area contributed by atoms with Crippen LogP contribution in [-0.4, -0.2) is 17.0 Å². The molecule has 94 valence electrons. The average Bonchev–Trinajstić information content (AvgIpc) is 2.36. The van der Waals surface area contributed by atoms with Gasteiger partial charge in [0, 0.05) is 4.43 Å². The Balaban J connectivity index is 2.37. The molecular weight excluding hydrogens is 327 g/mol. The first-order valence-electron chi connectivity index (χ1n) is 5.90. The highest BCUT2D eigenvalue weighted by molar-refractivity contribution is 14.1. The fourth-order valence-corrected chi connectivity index (χ4v) is 1.72. The van der Waals surface area contributed by atoms with Gasteiger partial charge in [0.2, 0.25) is 0 Å². The topological polar surface area (TPSA) is 26.3 Å². The summed E-state index contributed by atoms with van der Waals surface area (Å²) in [6.45, 7) is 4.53. The van der Waals surface area contributed by atoms with Crippen molar-refractivity contribution in [2.45, 2.75) is 20.3 Å². The Kier molecular flexibility index (Phi) is 6.55. The molecule has 1 aromatic carbocycles. The van der Waals surface area contributed by atoms with Crippen molar-refractivity contribution in [1.82, 2.24) is 0 Å². The van der Waals surface area contributed by atoms with E-state index in [9.17, 15) is 4.79 Å². The van der Waals surface area contributed by atoms with Crippen LogP contribution in [0.1, 0.15) is 19.4 Å². The van der Waals surface area contributed by atoms with Crippen molar-refractivity contribution in [1.29, 1.82) is 0 Å².